The van der Waals surface area contributed by atoms with Crippen LogP contribution in [0.4, 0.5) is 0 Å². The van der Waals surface area contributed by atoms with Crippen LogP contribution < -0.4 is 11.1 Å². The van der Waals surface area contributed by atoms with Crippen molar-refractivity contribution >= 4 is 5.91 Å². The highest BCUT2D eigenvalue weighted by molar-refractivity contribution is 5.91. The molecule has 0 saturated carbocycles. The Hall–Kier alpha value is -1.29. The number of aryl methyl sites for hydroxylation is 1. The van der Waals surface area contributed by atoms with Crippen molar-refractivity contribution in [3.63, 3.8) is 0 Å². The van der Waals surface area contributed by atoms with E-state index in [0.29, 0.717) is 12.3 Å². The van der Waals surface area contributed by atoms with Gasteiger partial charge in [0.15, 0.2) is 5.76 Å². The van der Waals surface area contributed by atoms with Crippen molar-refractivity contribution in [2.45, 2.75) is 32.7 Å². The van der Waals surface area contributed by atoms with E-state index in [9.17, 15) is 4.79 Å². The highest BCUT2D eigenvalue weighted by Crippen LogP contribution is 2.06. The van der Waals surface area contributed by atoms with Gasteiger partial charge in [-0.2, -0.15) is 0 Å². The molecule has 0 aromatic carbocycles. The minimum atomic E-state index is -0.160. The zero-order valence-corrected chi connectivity index (χ0v) is 9.25. The molecule has 0 aliphatic rings. The molecule has 1 heterocycles. The lowest BCUT2D eigenvalue weighted by atomic mass is 10.2. The molecule has 0 spiro atoms. The summed E-state index contributed by atoms with van der Waals surface area (Å²) in [5.74, 6) is 0.953. The highest BCUT2D eigenvalue weighted by Gasteiger charge is 2.12. The highest BCUT2D eigenvalue weighted by atomic mass is 16.3. The van der Waals surface area contributed by atoms with E-state index < -0.39 is 0 Å². The first-order valence-electron chi connectivity index (χ1n) is 5.21. The third kappa shape index (κ3) is 3.75. The van der Waals surface area contributed by atoms with Crippen molar-refractivity contribution in [2.24, 2.45) is 5.73 Å². The van der Waals surface area contributed by atoms with Crippen molar-refractivity contribution in [1.82, 2.24) is 5.32 Å². The molecule has 1 unspecified atom stereocenters. The zero-order valence-electron chi connectivity index (χ0n) is 9.25. The van der Waals surface area contributed by atoms with Gasteiger partial charge in [-0.1, -0.05) is 0 Å². The Labute approximate surface area is 89.8 Å². The van der Waals surface area contributed by atoms with E-state index in [1.54, 1.807) is 12.1 Å². The van der Waals surface area contributed by atoms with E-state index in [-0.39, 0.29) is 11.9 Å². The molecule has 1 amide bonds. The summed E-state index contributed by atoms with van der Waals surface area (Å²) in [5.41, 5.74) is 5.39. The summed E-state index contributed by atoms with van der Waals surface area (Å²) in [6.07, 6.45) is 1.81. The van der Waals surface area contributed by atoms with Gasteiger partial charge in [-0.25, -0.2) is 0 Å². The first kappa shape index (κ1) is 11.8. The molecule has 1 rings (SSSR count). The molecule has 0 aliphatic heterocycles. The number of hydrogen-bond donors (Lipinski definition) is 2. The molecular formula is C11H18N2O2. The second-order valence-corrected chi connectivity index (χ2v) is 3.72. The maximum atomic E-state index is 11.6. The lowest BCUT2D eigenvalue weighted by Gasteiger charge is -2.11. The van der Waals surface area contributed by atoms with Gasteiger partial charge in [0, 0.05) is 6.04 Å². The lowest BCUT2D eigenvalue weighted by Crippen LogP contribution is -2.32. The van der Waals surface area contributed by atoms with Crippen LogP contribution in [0, 0.1) is 6.92 Å². The van der Waals surface area contributed by atoms with Crippen molar-refractivity contribution in [3.8, 4) is 0 Å². The third-order valence-electron chi connectivity index (χ3n) is 2.18. The maximum Gasteiger partial charge on any atom is 0.287 e. The Bertz CT molecular complexity index is 320. The van der Waals surface area contributed by atoms with Crippen LogP contribution in [0.25, 0.3) is 0 Å². The molecule has 0 fully saturated rings. The lowest BCUT2D eigenvalue weighted by molar-refractivity contribution is 0.0909. The van der Waals surface area contributed by atoms with Crippen LogP contribution >= 0.6 is 0 Å². The molecular weight excluding hydrogens is 192 g/mol. The number of carbonyl (C=O) groups is 1. The van der Waals surface area contributed by atoms with Crippen LogP contribution in [-0.2, 0) is 0 Å². The van der Waals surface area contributed by atoms with Crippen LogP contribution in [0.15, 0.2) is 16.5 Å². The molecule has 4 heteroatoms. The Morgan fingerprint density at radius 3 is 2.87 bits per heavy atom. The Morgan fingerprint density at radius 1 is 1.60 bits per heavy atom. The van der Waals surface area contributed by atoms with Crippen molar-refractivity contribution in [1.29, 1.82) is 0 Å². The Morgan fingerprint density at radius 2 is 2.33 bits per heavy atom. The fourth-order valence-corrected chi connectivity index (χ4v) is 1.35. The predicted octanol–water partition coefficient (Wildman–Crippen LogP) is 1.45. The molecule has 0 bridgehead atoms. The van der Waals surface area contributed by atoms with E-state index in [0.717, 1.165) is 18.6 Å². The SMILES string of the molecule is Cc1ccc(C(=O)NC(C)CCCN)o1. The van der Waals surface area contributed by atoms with E-state index in [4.69, 9.17) is 10.2 Å². The first-order valence-corrected chi connectivity index (χ1v) is 5.21. The van der Waals surface area contributed by atoms with Gasteiger partial charge in [0.05, 0.1) is 0 Å². The number of rotatable bonds is 5. The van der Waals surface area contributed by atoms with Gasteiger partial charge in [-0.15, -0.1) is 0 Å². The van der Waals surface area contributed by atoms with Gasteiger partial charge in [0.25, 0.3) is 5.91 Å². The summed E-state index contributed by atoms with van der Waals surface area (Å²) in [5, 5.41) is 2.86. The molecule has 0 radical (unpaired) electrons. The van der Waals surface area contributed by atoms with Crippen LogP contribution in [0.3, 0.4) is 0 Å². The summed E-state index contributed by atoms with van der Waals surface area (Å²) in [7, 11) is 0. The molecule has 15 heavy (non-hydrogen) atoms. The number of furan rings is 1. The Balaban J connectivity index is 2.42. The van der Waals surface area contributed by atoms with E-state index in [1.165, 1.54) is 0 Å². The van der Waals surface area contributed by atoms with E-state index in [1.807, 2.05) is 13.8 Å². The zero-order chi connectivity index (χ0) is 11.3. The maximum absolute atomic E-state index is 11.6. The standard InChI is InChI=1S/C11H18N2O2/c1-8(4-3-7-12)13-11(14)10-6-5-9(2)15-10/h5-6,8H,3-4,7,12H2,1-2H3,(H,13,14). The van der Waals surface area contributed by atoms with Gasteiger partial charge in [-0.3, -0.25) is 4.79 Å². The van der Waals surface area contributed by atoms with Crippen LogP contribution in [0.5, 0.6) is 0 Å². The summed E-state index contributed by atoms with van der Waals surface area (Å²) < 4.78 is 5.21. The summed E-state index contributed by atoms with van der Waals surface area (Å²) in [4.78, 5) is 11.6. The van der Waals surface area contributed by atoms with Crippen LogP contribution in [0.1, 0.15) is 36.1 Å². The molecule has 1 aromatic heterocycles. The van der Waals surface area contributed by atoms with Gasteiger partial charge in [0.2, 0.25) is 0 Å². The smallest absolute Gasteiger partial charge is 0.287 e. The number of carbonyl (C=O) groups excluding carboxylic acids is 1. The second-order valence-electron chi connectivity index (χ2n) is 3.72. The number of nitrogens with two attached hydrogens (primary N) is 1. The normalized spacial score (nSPS) is 12.5. The van der Waals surface area contributed by atoms with Gasteiger partial charge < -0.3 is 15.5 Å². The minimum Gasteiger partial charge on any atom is -0.456 e. The van der Waals surface area contributed by atoms with Gasteiger partial charge in [0.1, 0.15) is 5.76 Å². The van der Waals surface area contributed by atoms with Crippen LogP contribution in [-0.4, -0.2) is 18.5 Å². The third-order valence-corrected chi connectivity index (χ3v) is 2.18. The fraction of sp³-hybridized carbons (Fsp3) is 0.545. The largest absolute Gasteiger partial charge is 0.456 e. The number of hydrogen-bond acceptors (Lipinski definition) is 3. The predicted molar refractivity (Wildman–Crippen MR) is 58.7 cm³/mol. The number of amides is 1. The van der Waals surface area contributed by atoms with Gasteiger partial charge in [-0.05, 0) is 45.4 Å². The molecule has 84 valence electrons. The average molecular weight is 210 g/mol. The van der Waals surface area contributed by atoms with Crippen molar-refractivity contribution in [2.75, 3.05) is 6.54 Å². The molecule has 0 aliphatic carbocycles. The molecule has 1 aromatic rings. The topological polar surface area (TPSA) is 68.3 Å². The van der Waals surface area contributed by atoms with Gasteiger partial charge >= 0.3 is 0 Å². The summed E-state index contributed by atoms with van der Waals surface area (Å²) in [6, 6.07) is 3.59. The van der Waals surface area contributed by atoms with Crippen molar-refractivity contribution < 1.29 is 9.21 Å². The Kier molecular flexibility index (Phi) is 4.37. The first-order chi connectivity index (χ1) is 7.13. The molecule has 0 saturated heterocycles. The number of nitrogens with one attached hydrogen (secondary N) is 1. The quantitative estimate of drug-likeness (QED) is 0.772. The van der Waals surface area contributed by atoms with Crippen molar-refractivity contribution in [3.05, 3.63) is 23.7 Å². The van der Waals surface area contributed by atoms with Crippen LogP contribution in [0.2, 0.25) is 0 Å². The average Bonchev–Trinajstić information content (AvgIpc) is 2.61. The van der Waals surface area contributed by atoms with E-state index >= 15 is 0 Å². The van der Waals surface area contributed by atoms with E-state index in [2.05, 4.69) is 5.32 Å². The fourth-order valence-electron chi connectivity index (χ4n) is 1.35. The summed E-state index contributed by atoms with van der Waals surface area (Å²) in [6.45, 7) is 4.43. The molecule has 1 atom stereocenters. The molecule has 4 nitrogen and oxygen atoms in total. The monoisotopic (exact) mass is 210 g/mol. The summed E-state index contributed by atoms with van der Waals surface area (Å²) >= 11 is 0. The minimum absolute atomic E-state index is 0.131. The molecule has 3 N–H and O–H groups in total. The second kappa shape index (κ2) is 5.56.